The molecule has 11 heavy (non-hydrogen) atoms. The molecule has 3 heteroatoms. The van der Waals surface area contributed by atoms with Crippen LogP contribution in [-0.2, 0) is 0 Å². The molecule has 3 nitrogen and oxygen atoms in total. The van der Waals surface area contributed by atoms with Crippen LogP contribution in [0, 0.1) is 11.3 Å². The summed E-state index contributed by atoms with van der Waals surface area (Å²) in [5, 5.41) is 8.17. The first kappa shape index (κ1) is 7.29. The van der Waals surface area contributed by atoms with Gasteiger partial charge in [-0.05, 0) is 6.07 Å². The average molecular weight is 146 g/mol. The zero-order chi connectivity index (χ0) is 8.10. The van der Waals surface area contributed by atoms with Crippen LogP contribution in [0.2, 0.25) is 0 Å². The maximum absolute atomic E-state index is 10.9. The lowest BCUT2D eigenvalue weighted by molar-refractivity contribution is 1.06. The molecular weight excluding hydrogens is 140 g/mol. The summed E-state index contributed by atoms with van der Waals surface area (Å²) in [4.78, 5) is 10.9. The molecule has 0 saturated carbocycles. The van der Waals surface area contributed by atoms with Gasteiger partial charge in [0.15, 0.2) is 0 Å². The fraction of sp³-hybridized carbons (Fsp3) is 0. The summed E-state index contributed by atoms with van der Waals surface area (Å²) in [6.07, 6.45) is 4.26. The predicted molar refractivity (Wildman–Crippen MR) is 41.6 cm³/mol. The molecule has 0 radical (unpaired) electrons. The van der Waals surface area contributed by atoms with E-state index in [9.17, 15) is 4.79 Å². The summed E-state index contributed by atoms with van der Waals surface area (Å²) in [6, 6.07) is 6.61. The molecule has 0 aromatic carbocycles. The molecule has 0 amide bonds. The highest BCUT2D eigenvalue weighted by molar-refractivity contribution is 5.28. The van der Waals surface area contributed by atoms with E-state index in [1.54, 1.807) is 24.4 Å². The molecule has 54 valence electrons. The van der Waals surface area contributed by atoms with Gasteiger partial charge in [0.2, 0.25) is 0 Å². The van der Waals surface area contributed by atoms with Gasteiger partial charge in [-0.15, -0.1) is 0 Å². The topological polar surface area (TPSA) is 45.8 Å². The Labute approximate surface area is 63.8 Å². The van der Waals surface area contributed by atoms with Gasteiger partial charge in [-0.1, -0.05) is 6.07 Å². The molecule has 0 saturated heterocycles. The van der Waals surface area contributed by atoms with Gasteiger partial charge in [0.1, 0.15) is 0 Å². The van der Waals surface area contributed by atoms with Crippen molar-refractivity contribution in [2.24, 2.45) is 0 Å². The van der Waals surface area contributed by atoms with Crippen molar-refractivity contribution in [1.82, 2.24) is 4.57 Å². The molecule has 0 N–H and O–H groups in total. The number of hydrogen-bond donors (Lipinski definition) is 0. The minimum atomic E-state index is -0.140. The van der Waals surface area contributed by atoms with E-state index < -0.39 is 0 Å². The van der Waals surface area contributed by atoms with Gasteiger partial charge in [0.05, 0.1) is 6.07 Å². The van der Waals surface area contributed by atoms with E-state index in [4.69, 9.17) is 5.26 Å². The highest BCUT2D eigenvalue weighted by Crippen LogP contribution is 1.81. The van der Waals surface area contributed by atoms with Crippen molar-refractivity contribution < 1.29 is 0 Å². The smallest absolute Gasteiger partial charge is 0.254 e. The predicted octanol–water partition coefficient (Wildman–Crippen LogP) is 0.843. The summed E-state index contributed by atoms with van der Waals surface area (Å²) in [5.74, 6) is 0. The zero-order valence-electron chi connectivity index (χ0n) is 5.77. The van der Waals surface area contributed by atoms with Gasteiger partial charge >= 0.3 is 0 Å². The molecule has 1 rings (SSSR count). The standard InChI is InChI=1S/C8H6N2O/c9-5-3-7-10-6-2-1-4-8(10)11/h1-4,6-7H. The van der Waals surface area contributed by atoms with Gasteiger partial charge < -0.3 is 0 Å². The Morgan fingerprint density at radius 2 is 2.36 bits per heavy atom. The minimum absolute atomic E-state index is 0.140. The Bertz CT molecular complexity index is 357. The summed E-state index contributed by atoms with van der Waals surface area (Å²) >= 11 is 0. The lowest BCUT2D eigenvalue weighted by Gasteiger charge is -1.92. The Hall–Kier alpha value is -1.82. The Balaban J connectivity index is 3.07. The average Bonchev–Trinajstić information content (AvgIpc) is 2.03. The summed E-state index contributed by atoms with van der Waals surface area (Å²) in [6.45, 7) is 0. The maximum Gasteiger partial charge on any atom is 0.254 e. The number of rotatable bonds is 1. The van der Waals surface area contributed by atoms with Gasteiger partial charge in [0, 0.05) is 24.5 Å². The number of nitrogens with zero attached hydrogens (tertiary/aromatic N) is 2. The number of pyridine rings is 1. The lowest BCUT2D eigenvalue weighted by Crippen LogP contribution is -2.11. The molecule has 0 atom stereocenters. The van der Waals surface area contributed by atoms with E-state index >= 15 is 0 Å². The van der Waals surface area contributed by atoms with Crippen LogP contribution >= 0.6 is 0 Å². The van der Waals surface area contributed by atoms with Crippen molar-refractivity contribution in [3.05, 3.63) is 40.8 Å². The van der Waals surface area contributed by atoms with Crippen LogP contribution < -0.4 is 5.56 Å². The first-order chi connectivity index (χ1) is 5.34. The summed E-state index contributed by atoms with van der Waals surface area (Å²) < 4.78 is 1.34. The number of allylic oxidation sites excluding steroid dienone is 1. The first-order valence-electron chi connectivity index (χ1n) is 3.08. The van der Waals surface area contributed by atoms with Crippen molar-refractivity contribution in [1.29, 1.82) is 5.26 Å². The number of hydrogen-bond acceptors (Lipinski definition) is 2. The van der Waals surface area contributed by atoms with Crippen LogP contribution in [0.3, 0.4) is 0 Å². The van der Waals surface area contributed by atoms with Crippen molar-refractivity contribution in [3.8, 4) is 6.07 Å². The van der Waals surface area contributed by atoms with E-state index in [2.05, 4.69) is 0 Å². The van der Waals surface area contributed by atoms with Gasteiger partial charge in [-0.2, -0.15) is 5.26 Å². The van der Waals surface area contributed by atoms with E-state index in [0.29, 0.717) is 0 Å². The van der Waals surface area contributed by atoms with Crippen LogP contribution in [0.25, 0.3) is 6.20 Å². The second-order valence-corrected chi connectivity index (χ2v) is 1.89. The highest BCUT2D eigenvalue weighted by atomic mass is 16.1. The molecule has 0 unspecified atom stereocenters. The highest BCUT2D eigenvalue weighted by Gasteiger charge is 1.84. The molecule has 0 spiro atoms. The van der Waals surface area contributed by atoms with E-state index in [0.717, 1.165) is 0 Å². The minimum Gasteiger partial charge on any atom is -0.290 e. The van der Waals surface area contributed by atoms with Crippen molar-refractivity contribution in [2.45, 2.75) is 0 Å². The summed E-state index contributed by atoms with van der Waals surface area (Å²) in [7, 11) is 0. The normalized spacial score (nSPS) is 9.73. The van der Waals surface area contributed by atoms with Gasteiger partial charge in [-0.3, -0.25) is 9.36 Å². The molecule has 1 aromatic rings. The van der Waals surface area contributed by atoms with Crippen molar-refractivity contribution >= 4 is 6.20 Å². The third-order valence-electron chi connectivity index (χ3n) is 1.16. The fourth-order valence-electron chi connectivity index (χ4n) is 0.677. The molecule has 0 aliphatic rings. The van der Waals surface area contributed by atoms with Crippen LogP contribution in [0.5, 0.6) is 0 Å². The summed E-state index contributed by atoms with van der Waals surface area (Å²) in [5.41, 5.74) is -0.140. The third kappa shape index (κ3) is 1.80. The van der Waals surface area contributed by atoms with Crippen molar-refractivity contribution in [2.75, 3.05) is 0 Å². The van der Waals surface area contributed by atoms with Gasteiger partial charge in [-0.25, -0.2) is 0 Å². The van der Waals surface area contributed by atoms with E-state index in [-0.39, 0.29) is 5.56 Å². The Morgan fingerprint density at radius 1 is 1.55 bits per heavy atom. The van der Waals surface area contributed by atoms with E-state index in [1.165, 1.54) is 22.9 Å². The molecule has 0 aliphatic carbocycles. The monoisotopic (exact) mass is 146 g/mol. The van der Waals surface area contributed by atoms with Crippen LogP contribution in [0.4, 0.5) is 0 Å². The van der Waals surface area contributed by atoms with Crippen molar-refractivity contribution in [3.63, 3.8) is 0 Å². The maximum atomic E-state index is 10.9. The zero-order valence-corrected chi connectivity index (χ0v) is 5.77. The second kappa shape index (κ2) is 3.37. The molecule has 0 fully saturated rings. The fourth-order valence-corrected chi connectivity index (χ4v) is 0.677. The molecule has 0 bridgehead atoms. The Kier molecular flexibility index (Phi) is 2.24. The van der Waals surface area contributed by atoms with Crippen LogP contribution in [0.15, 0.2) is 35.3 Å². The first-order valence-corrected chi connectivity index (χ1v) is 3.08. The quantitative estimate of drug-likeness (QED) is 0.551. The third-order valence-corrected chi connectivity index (χ3v) is 1.16. The largest absolute Gasteiger partial charge is 0.290 e. The van der Waals surface area contributed by atoms with E-state index in [1.807, 2.05) is 0 Å². The lowest BCUT2D eigenvalue weighted by atomic mass is 10.5. The molecule has 1 heterocycles. The van der Waals surface area contributed by atoms with Crippen LogP contribution in [0.1, 0.15) is 0 Å². The van der Waals surface area contributed by atoms with Gasteiger partial charge in [0.25, 0.3) is 5.56 Å². The number of nitriles is 1. The molecule has 1 aromatic heterocycles. The Morgan fingerprint density at radius 3 is 3.00 bits per heavy atom. The molecule has 0 aliphatic heterocycles. The molecular formula is C8H6N2O. The number of aromatic nitrogens is 1. The van der Waals surface area contributed by atoms with Crippen LogP contribution in [-0.4, -0.2) is 4.57 Å². The SMILES string of the molecule is N#CC=Cn1ccccc1=O. The second-order valence-electron chi connectivity index (χ2n) is 1.89.